The summed E-state index contributed by atoms with van der Waals surface area (Å²) < 4.78 is 13.3. The van der Waals surface area contributed by atoms with Crippen LogP contribution in [0.2, 0.25) is 0 Å². The number of para-hydroxylation sites is 1. The first-order valence-corrected chi connectivity index (χ1v) is 9.94. The van der Waals surface area contributed by atoms with Gasteiger partial charge in [-0.1, -0.05) is 26.0 Å². The van der Waals surface area contributed by atoms with E-state index in [-0.39, 0.29) is 6.04 Å². The van der Waals surface area contributed by atoms with E-state index in [1.54, 1.807) is 14.2 Å². The van der Waals surface area contributed by atoms with Gasteiger partial charge in [0, 0.05) is 38.3 Å². The lowest BCUT2D eigenvalue weighted by Crippen LogP contribution is -2.46. The Kier molecular flexibility index (Phi) is 6.85. The van der Waals surface area contributed by atoms with Gasteiger partial charge in [0.05, 0.1) is 14.2 Å². The minimum Gasteiger partial charge on any atom is -0.493 e. The van der Waals surface area contributed by atoms with Crippen LogP contribution in [0.3, 0.4) is 0 Å². The van der Waals surface area contributed by atoms with Gasteiger partial charge in [0.15, 0.2) is 17.3 Å². The predicted octanol–water partition coefficient (Wildman–Crippen LogP) is 2.07. The summed E-state index contributed by atoms with van der Waals surface area (Å²) in [5.41, 5.74) is 1.03. The Morgan fingerprint density at radius 3 is 2.46 bits per heavy atom. The van der Waals surface area contributed by atoms with Gasteiger partial charge in [0.1, 0.15) is 6.04 Å². The highest BCUT2D eigenvalue weighted by atomic mass is 16.5. The highest BCUT2D eigenvalue weighted by Crippen LogP contribution is 2.39. The maximum atomic E-state index is 5.76. The van der Waals surface area contributed by atoms with Crippen LogP contribution in [0.5, 0.6) is 11.5 Å². The lowest BCUT2D eigenvalue weighted by molar-refractivity contribution is 0.119. The van der Waals surface area contributed by atoms with E-state index in [1.165, 1.54) is 0 Å². The summed E-state index contributed by atoms with van der Waals surface area (Å²) in [6.07, 6.45) is 1.03. The van der Waals surface area contributed by atoms with Gasteiger partial charge in [0.25, 0.3) is 0 Å². The molecular formula is C20H32N6O2. The molecular weight excluding hydrogens is 356 g/mol. The van der Waals surface area contributed by atoms with Crippen LogP contribution in [0.4, 0.5) is 0 Å². The molecule has 8 heteroatoms. The third-order valence-corrected chi connectivity index (χ3v) is 5.35. The van der Waals surface area contributed by atoms with E-state index in [0.29, 0.717) is 5.92 Å². The molecule has 0 unspecified atom stereocenters. The van der Waals surface area contributed by atoms with Crippen LogP contribution < -0.4 is 9.47 Å². The Morgan fingerprint density at radius 1 is 1.07 bits per heavy atom. The monoisotopic (exact) mass is 388 g/mol. The lowest BCUT2D eigenvalue weighted by Gasteiger charge is -2.38. The van der Waals surface area contributed by atoms with Crippen LogP contribution in [0.25, 0.3) is 0 Å². The molecule has 1 saturated heterocycles. The number of hydrogen-bond acceptors (Lipinski definition) is 7. The van der Waals surface area contributed by atoms with Crippen molar-refractivity contribution in [1.82, 2.24) is 30.0 Å². The van der Waals surface area contributed by atoms with Crippen LogP contribution in [-0.4, -0.2) is 77.5 Å². The zero-order chi connectivity index (χ0) is 20.1. The van der Waals surface area contributed by atoms with Crippen molar-refractivity contribution in [2.45, 2.75) is 32.9 Å². The molecule has 1 aromatic carbocycles. The summed E-state index contributed by atoms with van der Waals surface area (Å²) in [6.45, 7) is 9.14. The molecule has 0 saturated carbocycles. The molecule has 3 rings (SSSR count). The number of rotatable bonds is 8. The Hall–Kier alpha value is -2.19. The first-order chi connectivity index (χ1) is 13.5. The van der Waals surface area contributed by atoms with E-state index in [2.05, 4.69) is 52.3 Å². The summed E-state index contributed by atoms with van der Waals surface area (Å²) in [4.78, 5) is 4.78. The van der Waals surface area contributed by atoms with Crippen molar-refractivity contribution in [2.75, 3.05) is 47.4 Å². The fraction of sp³-hybridized carbons (Fsp3) is 0.650. The van der Waals surface area contributed by atoms with E-state index < -0.39 is 0 Å². The Bertz CT molecular complexity index is 755. The van der Waals surface area contributed by atoms with Crippen molar-refractivity contribution in [2.24, 2.45) is 5.92 Å². The number of aromatic nitrogens is 4. The molecule has 0 radical (unpaired) electrons. The number of hydrogen-bond donors (Lipinski definition) is 0. The zero-order valence-corrected chi connectivity index (χ0v) is 17.6. The second kappa shape index (κ2) is 9.34. The molecule has 0 bridgehead atoms. The van der Waals surface area contributed by atoms with Gasteiger partial charge >= 0.3 is 0 Å². The van der Waals surface area contributed by atoms with Crippen molar-refractivity contribution in [3.05, 3.63) is 29.6 Å². The first-order valence-electron chi connectivity index (χ1n) is 9.94. The number of likely N-dealkylation sites (N-methyl/N-ethyl adjacent to an activating group) is 1. The second-order valence-electron chi connectivity index (χ2n) is 7.77. The summed E-state index contributed by atoms with van der Waals surface area (Å²) in [6, 6.07) is 5.93. The maximum absolute atomic E-state index is 5.76. The number of benzene rings is 1. The number of piperazine rings is 1. The zero-order valence-electron chi connectivity index (χ0n) is 17.6. The largest absolute Gasteiger partial charge is 0.493 e. The Morgan fingerprint density at radius 2 is 1.82 bits per heavy atom. The standard InChI is InChI=1S/C20H32N6O2/c1-15(2)9-10-26-20(21-22-23-26)18(25-13-11-24(3)12-14-25)16-7-6-8-17(27-4)19(16)28-5/h6-8,15,18H,9-14H2,1-5H3/t18-/m1/s1. The van der Waals surface area contributed by atoms with E-state index in [9.17, 15) is 0 Å². The fourth-order valence-electron chi connectivity index (χ4n) is 3.65. The predicted molar refractivity (Wildman–Crippen MR) is 108 cm³/mol. The van der Waals surface area contributed by atoms with Gasteiger partial charge in [-0.05, 0) is 35.9 Å². The van der Waals surface area contributed by atoms with Crippen LogP contribution in [0.15, 0.2) is 18.2 Å². The fourth-order valence-corrected chi connectivity index (χ4v) is 3.65. The molecule has 28 heavy (non-hydrogen) atoms. The summed E-state index contributed by atoms with van der Waals surface area (Å²) >= 11 is 0. The summed E-state index contributed by atoms with van der Waals surface area (Å²) in [5, 5.41) is 12.7. The maximum Gasteiger partial charge on any atom is 0.173 e. The molecule has 1 aromatic heterocycles. The van der Waals surface area contributed by atoms with Crippen LogP contribution in [0.1, 0.15) is 37.7 Å². The molecule has 8 nitrogen and oxygen atoms in total. The van der Waals surface area contributed by atoms with Crippen molar-refractivity contribution >= 4 is 0 Å². The average Bonchev–Trinajstić information content (AvgIpc) is 3.16. The number of aryl methyl sites for hydroxylation is 1. The van der Waals surface area contributed by atoms with Gasteiger partial charge in [-0.2, -0.15) is 0 Å². The second-order valence-corrected chi connectivity index (χ2v) is 7.77. The minimum absolute atomic E-state index is 0.0825. The number of tetrazole rings is 1. The molecule has 154 valence electrons. The number of nitrogens with zero attached hydrogens (tertiary/aromatic N) is 6. The summed E-state index contributed by atoms with van der Waals surface area (Å²) in [5.74, 6) is 2.91. The van der Waals surface area contributed by atoms with Gasteiger partial charge in [-0.3, -0.25) is 4.90 Å². The molecule has 1 fully saturated rings. The smallest absolute Gasteiger partial charge is 0.173 e. The highest BCUT2D eigenvalue weighted by Gasteiger charge is 2.32. The molecule has 0 N–H and O–H groups in total. The van der Waals surface area contributed by atoms with Gasteiger partial charge in [-0.15, -0.1) is 5.10 Å². The molecule has 1 aliphatic rings. The van der Waals surface area contributed by atoms with Crippen LogP contribution in [0, 0.1) is 5.92 Å². The Labute approximate surface area is 167 Å². The minimum atomic E-state index is -0.0825. The molecule has 2 aromatic rings. The molecule has 0 amide bonds. The van der Waals surface area contributed by atoms with Crippen LogP contribution in [-0.2, 0) is 6.54 Å². The van der Waals surface area contributed by atoms with E-state index in [1.807, 2.05) is 16.8 Å². The van der Waals surface area contributed by atoms with Crippen molar-refractivity contribution in [3.8, 4) is 11.5 Å². The highest BCUT2D eigenvalue weighted by molar-refractivity contribution is 5.49. The third kappa shape index (κ3) is 4.44. The van der Waals surface area contributed by atoms with Gasteiger partial charge < -0.3 is 14.4 Å². The first kappa shape index (κ1) is 20.5. The molecule has 1 atom stereocenters. The van der Waals surface area contributed by atoms with Gasteiger partial charge in [0.2, 0.25) is 0 Å². The van der Waals surface area contributed by atoms with Gasteiger partial charge in [-0.25, -0.2) is 4.68 Å². The molecule has 0 spiro atoms. The van der Waals surface area contributed by atoms with E-state index in [0.717, 1.165) is 62.0 Å². The number of ether oxygens (including phenoxy) is 2. The third-order valence-electron chi connectivity index (χ3n) is 5.35. The van der Waals surface area contributed by atoms with Crippen molar-refractivity contribution in [1.29, 1.82) is 0 Å². The lowest BCUT2D eigenvalue weighted by atomic mass is 10.0. The quantitative estimate of drug-likeness (QED) is 0.686. The van der Waals surface area contributed by atoms with Crippen molar-refractivity contribution < 1.29 is 9.47 Å². The normalized spacial score (nSPS) is 17.1. The van der Waals surface area contributed by atoms with E-state index >= 15 is 0 Å². The number of methoxy groups -OCH3 is 2. The molecule has 0 aliphatic carbocycles. The Balaban J connectivity index is 2.04. The molecule has 2 heterocycles. The summed E-state index contributed by atoms with van der Waals surface area (Å²) in [7, 11) is 5.51. The van der Waals surface area contributed by atoms with E-state index in [4.69, 9.17) is 9.47 Å². The van der Waals surface area contributed by atoms with Crippen LogP contribution >= 0.6 is 0 Å². The molecule has 1 aliphatic heterocycles. The average molecular weight is 389 g/mol. The SMILES string of the molecule is COc1cccc([C@H](c2nnnn2CCC(C)C)N2CCN(C)CC2)c1OC. The van der Waals surface area contributed by atoms with Crippen molar-refractivity contribution in [3.63, 3.8) is 0 Å². The topological polar surface area (TPSA) is 68.5 Å².